The molecule has 0 radical (unpaired) electrons. The Morgan fingerprint density at radius 2 is 1.73 bits per heavy atom. The molecule has 2 aliphatic rings. The lowest BCUT2D eigenvalue weighted by Crippen LogP contribution is -2.45. The third-order valence-corrected chi connectivity index (χ3v) is 5.03. The fourth-order valence-electron chi connectivity index (χ4n) is 2.87. The fraction of sp³-hybridized carbons (Fsp3) is 0.562. The summed E-state index contributed by atoms with van der Waals surface area (Å²) in [5, 5.41) is 6.24. The summed E-state index contributed by atoms with van der Waals surface area (Å²) in [4.78, 5) is 12.2. The lowest BCUT2D eigenvalue weighted by molar-refractivity contribution is 0.230. The molecule has 3 rings (SSSR count). The van der Waals surface area contributed by atoms with Crippen LogP contribution < -0.4 is 10.6 Å². The van der Waals surface area contributed by atoms with Crippen LogP contribution >= 0.6 is 23.2 Å². The lowest BCUT2D eigenvalue weighted by atomic mass is 10.1. The van der Waals surface area contributed by atoms with Gasteiger partial charge < -0.3 is 10.6 Å². The van der Waals surface area contributed by atoms with Crippen LogP contribution in [0.5, 0.6) is 0 Å². The largest absolute Gasteiger partial charge is 0.335 e. The minimum Gasteiger partial charge on any atom is -0.335 e. The molecule has 0 heterocycles. The third kappa shape index (κ3) is 3.66. The van der Waals surface area contributed by atoms with E-state index in [1.807, 2.05) is 0 Å². The van der Waals surface area contributed by atoms with E-state index in [0.717, 1.165) is 0 Å². The number of hydrogen-bond acceptors (Lipinski definition) is 1. The molecule has 1 aromatic rings. The van der Waals surface area contributed by atoms with Gasteiger partial charge in [0.25, 0.3) is 0 Å². The fourth-order valence-corrected chi connectivity index (χ4v) is 3.42. The van der Waals surface area contributed by atoms with Crippen molar-refractivity contribution in [1.82, 2.24) is 10.6 Å². The van der Waals surface area contributed by atoms with Crippen LogP contribution in [-0.2, 0) is 0 Å². The molecule has 2 saturated carbocycles. The van der Waals surface area contributed by atoms with E-state index in [1.165, 1.54) is 37.8 Å². The van der Waals surface area contributed by atoms with E-state index in [2.05, 4.69) is 10.6 Å². The van der Waals surface area contributed by atoms with Gasteiger partial charge in [-0.1, -0.05) is 23.2 Å². The van der Waals surface area contributed by atoms with Crippen molar-refractivity contribution in [3.63, 3.8) is 0 Å². The number of carbonyl (C=O) groups excluding carboxylic acids is 1. The minimum atomic E-state index is -0.538. The second kappa shape index (κ2) is 6.25. The molecule has 2 N–H and O–H groups in total. The molecule has 0 spiro atoms. The summed E-state index contributed by atoms with van der Waals surface area (Å²) >= 11 is 11.8. The number of carbonyl (C=O) groups is 1. The van der Waals surface area contributed by atoms with Crippen molar-refractivity contribution in [2.45, 2.75) is 44.7 Å². The topological polar surface area (TPSA) is 41.1 Å². The van der Waals surface area contributed by atoms with E-state index in [-0.39, 0.29) is 17.1 Å². The van der Waals surface area contributed by atoms with E-state index < -0.39 is 11.9 Å². The number of benzene rings is 1. The smallest absolute Gasteiger partial charge is 0.315 e. The van der Waals surface area contributed by atoms with E-state index in [0.29, 0.717) is 22.4 Å². The highest BCUT2D eigenvalue weighted by molar-refractivity contribution is 6.35. The molecule has 0 aromatic heterocycles. The summed E-state index contributed by atoms with van der Waals surface area (Å²) < 4.78 is 13.6. The Balaban J connectivity index is 1.62. The quantitative estimate of drug-likeness (QED) is 0.748. The van der Waals surface area contributed by atoms with E-state index >= 15 is 0 Å². The maximum Gasteiger partial charge on any atom is 0.315 e. The summed E-state index contributed by atoms with van der Waals surface area (Å²) in [5.74, 6) is 0.721. The molecule has 6 heteroatoms. The molecule has 0 bridgehead atoms. The Morgan fingerprint density at radius 1 is 1.14 bits per heavy atom. The van der Waals surface area contributed by atoms with Gasteiger partial charge in [-0.25, -0.2) is 9.18 Å². The highest BCUT2D eigenvalue weighted by atomic mass is 35.5. The molecule has 1 aromatic carbocycles. The summed E-state index contributed by atoms with van der Waals surface area (Å²) in [7, 11) is 0. The normalized spacial score (nSPS) is 19.1. The van der Waals surface area contributed by atoms with Crippen molar-refractivity contribution >= 4 is 29.2 Å². The van der Waals surface area contributed by atoms with Gasteiger partial charge in [0.1, 0.15) is 5.82 Å². The second-order valence-electron chi connectivity index (χ2n) is 6.33. The molecule has 0 saturated heterocycles. The number of halogens is 3. The van der Waals surface area contributed by atoms with E-state index in [9.17, 15) is 9.18 Å². The van der Waals surface area contributed by atoms with Crippen LogP contribution in [0, 0.1) is 17.7 Å². The van der Waals surface area contributed by atoms with Crippen LogP contribution in [0.25, 0.3) is 0 Å². The van der Waals surface area contributed by atoms with Gasteiger partial charge in [0.2, 0.25) is 0 Å². The summed E-state index contributed by atoms with van der Waals surface area (Å²) in [6.45, 7) is 1.78. The van der Waals surface area contributed by atoms with Crippen molar-refractivity contribution in [3.8, 4) is 0 Å². The molecule has 0 aliphatic heterocycles. The first-order valence-corrected chi connectivity index (χ1v) is 8.42. The lowest BCUT2D eigenvalue weighted by Gasteiger charge is -2.21. The molecule has 2 amide bonds. The van der Waals surface area contributed by atoms with Gasteiger partial charge in [0, 0.05) is 11.1 Å². The zero-order valence-electron chi connectivity index (χ0n) is 12.3. The highest BCUT2D eigenvalue weighted by Gasteiger charge is 2.42. The maximum absolute atomic E-state index is 13.6. The standard InChI is InChI=1S/C16H19Cl2FN2O/c1-8(11-6-14(19)13(18)7-12(11)17)20-16(22)21-15(9-2-3-9)10-4-5-10/h6-10,15H,2-5H2,1H3,(H2,20,21,22). The number of urea groups is 1. The van der Waals surface area contributed by atoms with Gasteiger partial charge in [-0.15, -0.1) is 0 Å². The van der Waals surface area contributed by atoms with Crippen LogP contribution in [0.4, 0.5) is 9.18 Å². The Morgan fingerprint density at radius 3 is 2.27 bits per heavy atom. The van der Waals surface area contributed by atoms with Gasteiger partial charge in [-0.2, -0.15) is 0 Å². The van der Waals surface area contributed by atoms with Crippen molar-refractivity contribution in [1.29, 1.82) is 0 Å². The molecule has 3 nitrogen and oxygen atoms in total. The average Bonchev–Trinajstić information content (AvgIpc) is 3.33. The van der Waals surface area contributed by atoms with E-state index in [4.69, 9.17) is 23.2 Å². The monoisotopic (exact) mass is 344 g/mol. The van der Waals surface area contributed by atoms with Gasteiger partial charge >= 0.3 is 6.03 Å². The van der Waals surface area contributed by atoms with Crippen LogP contribution in [0.1, 0.15) is 44.2 Å². The Hall–Kier alpha value is -1.00. The third-order valence-electron chi connectivity index (χ3n) is 4.41. The number of hydrogen-bond donors (Lipinski definition) is 2. The summed E-state index contributed by atoms with van der Waals surface area (Å²) in [5.41, 5.74) is 0.521. The van der Waals surface area contributed by atoms with Crippen molar-refractivity contribution in [2.24, 2.45) is 11.8 Å². The summed E-state index contributed by atoms with van der Waals surface area (Å²) in [6, 6.07) is 2.31. The Labute approximate surface area is 139 Å². The second-order valence-corrected chi connectivity index (χ2v) is 7.14. The van der Waals surface area contributed by atoms with Crippen LogP contribution in [0.15, 0.2) is 12.1 Å². The Kier molecular flexibility index (Phi) is 4.51. The van der Waals surface area contributed by atoms with Gasteiger partial charge in [-0.05, 0) is 62.1 Å². The van der Waals surface area contributed by atoms with Crippen molar-refractivity contribution < 1.29 is 9.18 Å². The van der Waals surface area contributed by atoms with Crippen LogP contribution in [0.2, 0.25) is 10.0 Å². The Bertz CT molecular complexity index is 576. The zero-order valence-corrected chi connectivity index (χ0v) is 13.8. The molecule has 1 atom stereocenters. The molecule has 2 aliphatic carbocycles. The van der Waals surface area contributed by atoms with Gasteiger partial charge in [0.15, 0.2) is 0 Å². The minimum absolute atomic E-state index is 0.0204. The molecule has 120 valence electrons. The first kappa shape index (κ1) is 15.9. The highest BCUT2D eigenvalue weighted by Crippen LogP contribution is 2.44. The summed E-state index contributed by atoms with van der Waals surface area (Å²) in [6.07, 6.45) is 4.80. The van der Waals surface area contributed by atoms with Crippen LogP contribution in [-0.4, -0.2) is 12.1 Å². The number of rotatable bonds is 5. The maximum atomic E-state index is 13.6. The predicted octanol–water partition coefficient (Wildman–Crippen LogP) is 4.68. The van der Waals surface area contributed by atoms with Gasteiger partial charge in [0.05, 0.1) is 11.1 Å². The average molecular weight is 345 g/mol. The predicted molar refractivity (Wildman–Crippen MR) is 85.7 cm³/mol. The molecule has 1 unspecified atom stereocenters. The van der Waals surface area contributed by atoms with Crippen molar-refractivity contribution in [2.75, 3.05) is 0 Å². The molecule has 22 heavy (non-hydrogen) atoms. The zero-order chi connectivity index (χ0) is 15.9. The molecular weight excluding hydrogens is 326 g/mol. The van der Waals surface area contributed by atoms with Crippen molar-refractivity contribution in [3.05, 3.63) is 33.6 Å². The van der Waals surface area contributed by atoms with Crippen LogP contribution in [0.3, 0.4) is 0 Å². The molecule has 2 fully saturated rings. The first-order chi connectivity index (χ1) is 10.5. The SMILES string of the molecule is CC(NC(=O)NC(C1CC1)C1CC1)c1cc(F)c(Cl)cc1Cl. The van der Waals surface area contributed by atoms with Gasteiger partial charge in [-0.3, -0.25) is 0 Å². The first-order valence-electron chi connectivity index (χ1n) is 7.67. The number of nitrogens with one attached hydrogen (secondary N) is 2. The molecular formula is C16H19Cl2FN2O. The number of amides is 2. The van der Waals surface area contributed by atoms with E-state index in [1.54, 1.807) is 6.92 Å².